The van der Waals surface area contributed by atoms with Crippen LogP contribution in [0.25, 0.3) is 0 Å². The summed E-state index contributed by atoms with van der Waals surface area (Å²) in [6, 6.07) is 5.51. The molecule has 2 amide bonds. The first-order valence-corrected chi connectivity index (χ1v) is 8.84. The molecule has 4 atom stereocenters. The standard InChI is InChI=1S/C19H27N3O2.ClH/c1-10(2)21-18(23)15-9-14(7-4-11(15)3)22-19(24)16-12-5-6-13(8-12)17(16)20;/h4,7,9-10,12-13,16-17H,5-6,8,20H2,1-3H3,(H,21,23)(H,22,24);1H. The minimum Gasteiger partial charge on any atom is -0.350 e. The van der Waals surface area contributed by atoms with Gasteiger partial charge in [0, 0.05) is 23.3 Å². The van der Waals surface area contributed by atoms with Crippen molar-refractivity contribution in [3.05, 3.63) is 29.3 Å². The third-order valence-electron chi connectivity index (χ3n) is 5.45. The molecule has 25 heavy (non-hydrogen) atoms. The molecule has 5 nitrogen and oxygen atoms in total. The molecule has 0 heterocycles. The number of amides is 2. The summed E-state index contributed by atoms with van der Waals surface area (Å²) in [5.74, 6) is 0.692. The van der Waals surface area contributed by atoms with Crippen LogP contribution in [0, 0.1) is 24.7 Å². The zero-order valence-electron chi connectivity index (χ0n) is 15.0. The molecule has 0 saturated heterocycles. The Balaban J connectivity index is 0.00000225. The van der Waals surface area contributed by atoms with Crippen LogP contribution >= 0.6 is 12.4 Å². The minimum atomic E-state index is -0.116. The van der Waals surface area contributed by atoms with Crippen LogP contribution in [-0.2, 0) is 4.79 Å². The lowest BCUT2D eigenvalue weighted by atomic mass is 9.84. The van der Waals surface area contributed by atoms with Crippen LogP contribution in [0.3, 0.4) is 0 Å². The Morgan fingerprint density at radius 2 is 1.88 bits per heavy atom. The molecular formula is C19H28ClN3O2. The van der Waals surface area contributed by atoms with Crippen molar-refractivity contribution in [2.24, 2.45) is 23.5 Å². The number of nitrogens with one attached hydrogen (secondary N) is 2. The Morgan fingerprint density at radius 1 is 1.20 bits per heavy atom. The number of hydrogen-bond acceptors (Lipinski definition) is 3. The number of hydrogen-bond donors (Lipinski definition) is 3. The molecule has 3 rings (SSSR count). The van der Waals surface area contributed by atoms with Gasteiger partial charge in [0.1, 0.15) is 0 Å². The van der Waals surface area contributed by atoms with Crippen molar-refractivity contribution in [3.8, 4) is 0 Å². The van der Waals surface area contributed by atoms with E-state index < -0.39 is 0 Å². The molecule has 4 unspecified atom stereocenters. The number of rotatable bonds is 4. The van der Waals surface area contributed by atoms with Crippen molar-refractivity contribution in [2.75, 3.05) is 5.32 Å². The number of carbonyl (C=O) groups is 2. The van der Waals surface area contributed by atoms with Gasteiger partial charge in [-0.3, -0.25) is 9.59 Å². The highest BCUT2D eigenvalue weighted by Crippen LogP contribution is 2.47. The summed E-state index contributed by atoms with van der Waals surface area (Å²) in [6.07, 6.45) is 3.33. The predicted molar refractivity (Wildman–Crippen MR) is 102 cm³/mol. The molecule has 0 spiro atoms. The van der Waals surface area contributed by atoms with Gasteiger partial charge in [0.25, 0.3) is 5.91 Å². The van der Waals surface area contributed by atoms with Gasteiger partial charge in [-0.15, -0.1) is 12.4 Å². The summed E-state index contributed by atoms with van der Waals surface area (Å²) < 4.78 is 0. The Bertz CT molecular complexity index is 660. The monoisotopic (exact) mass is 365 g/mol. The van der Waals surface area contributed by atoms with Crippen LogP contribution in [0.4, 0.5) is 5.69 Å². The Labute approximate surface area is 155 Å². The smallest absolute Gasteiger partial charge is 0.251 e. The molecule has 2 aliphatic rings. The molecule has 0 radical (unpaired) electrons. The van der Waals surface area contributed by atoms with Gasteiger partial charge in [-0.05, 0) is 69.6 Å². The first kappa shape index (κ1) is 19.7. The molecule has 4 N–H and O–H groups in total. The van der Waals surface area contributed by atoms with Gasteiger partial charge in [-0.2, -0.15) is 0 Å². The lowest BCUT2D eigenvalue weighted by Gasteiger charge is -2.27. The largest absolute Gasteiger partial charge is 0.350 e. The predicted octanol–water partition coefficient (Wildman–Crippen LogP) is 2.87. The molecule has 0 aromatic heterocycles. The second-order valence-electron chi connectivity index (χ2n) is 7.58. The molecule has 2 bridgehead atoms. The summed E-state index contributed by atoms with van der Waals surface area (Å²) in [5, 5.41) is 5.87. The summed E-state index contributed by atoms with van der Waals surface area (Å²) in [6.45, 7) is 5.75. The maximum Gasteiger partial charge on any atom is 0.251 e. The number of fused-ring (bicyclic) bond motifs is 2. The van der Waals surface area contributed by atoms with Crippen molar-refractivity contribution in [2.45, 2.75) is 52.1 Å². The Hall–Kier alpha value is -1.59. The molecule has 138 valence electrons. The van der Waals surface area contributed by atoms with Gasteiger partial charge in [0.05, 0.1) is 5.92 Å². The first-order valence-electron chi connectivity index (χ1n) is 8.84. The molecule has 2 saturated carbocycles. The maximum absolute atomic E-state index is 12.7. The van der Waals surface area contributed by atoms with E-state index in [1.54, 1.807) is 6.07 Å². The SMILES string of the molecule is Cc1ccc(NC(=O)C2C3CCC(C3)C2N)cc1C(=O)NC(C)C.Cl. The Morgan fingerprint density at radius 3 is 2.48 bits per heavy atom. The second-order valence-corrected chi connectivity index (χ2v) is 7.58. The van der Waals surface area contributed by atoms with Gasteiger partial charge in [0.15, 0.2) is 0 Å². The average Bonchev–Trinajstić information content (AvgIpc) is 3.09. The fraction of sp³-hybridized carbons (Fsp3) is 0.579. The number of nitrogens with two attached hydrogens (primary N) is 1. The van der Waals surface area contributed by atoms with Gasteiger partial charge in [0.2, 0.25) is 5.91 Å². The van der Waals surface area contributed by atoms with Gasteiger partial charge < -0.3 is 16.4 Å². The highest BCUT2D eigenvalue weighted by Gasteiger charge is 2.49. The Kier molecular flexibility index (Phi) is 6.12. The highest BCUT2D eigenvalue weighted by atomic mass is 35.5. The third kappa shape index (κ3) is 3.98. The number of aryl methyl sites for hydroxylation is 1. The molecule has 0 aliphatic heterocycles. The summed E-state index contributed by atoms with van der Waals surface area (Å²) >= 11 is 0. The maximum atomic E-state index is 12.7. The molecule has 2 aliphatic carbocycles. The van der Waals surface area contributed by atoms with E-state index in [4.69, 9.17) is 5.73 Å². The summed E-state index contributed by atoms with van der Waals surface area (Å²) in [4.78, 5) is 24.9. The van der Waals surface area contributed by atoms with Crippen molar-refractivity contribution in [1.29, 1.82) is 0 Å². The normalized spacial score (nSPS) is 27.1. The van der Waals surface area contributed by atoms with Gasteiger partial charge >= 0.3 is 0 Å². The van der Waals surface area contributed by atoms with Crippen molar-refractivity contribution >= 4 is 29.9 Å². The molecule has 1 aromatic carbocycles. The second kappa shape index (κ2) is 7.75. The van der Waals surface area contributed by atoms with Crippen LogP contribution in [0.5, 0.6) is 0 Å². The van der Waals surface area contributed by atoms with E-state index in [0.29, 0.717) is 23.1 Å². The zero-order chi connectivity index (χ0) is 17.4. The lowest BCUT2D eigenvalue weighted by Crippen LogP contribution is -2.42. The fourth-order valence-corrected chi connectivity index (χ4v) is 4.23. The van der Waals surface area contributed by atoms with E-state index >= 15 is 0 Å². The van der Waals surface area contributed by atoms with Crippen LogP contribution in [0.1, 0.15) is 49.0 Å². The molecule has 2 fully saturated rings. The van der Waals surface area contributed by atoms with Crippen molar-refractivity contribution < 1.29 is 9.59 Å². The number of benzene rings is 1. The van der Waals surface area contributed by atoms with E-state index in [0.717, 1.165) is 24.8 Å². The molecule has 6 heteroatoms. The number of carbonyl (C=O) groups excluding carboxylic acids is 2. The van der Waals surface area contributed by atoms with Gasteiger partial charge in [-0.25, -0.2) is 0 Å². The first-order chi connectivity index (χ1) is 11.4. The number of anilines is 1. The summed E-state index contributed by atoms with van der Waals surface area (Å²) in [5.41, 5.74) is 8.40. The molecule has 1 aromatic rings. The molecular weight excluding hydrogens is 338 g/mol. The van der Waals surface area contributed by atoms with Crippen molar-refractivity contribution in [1.82, 2.24) is 5.32 Å². The van der Waals surface area contributed by atoms with E-state index in [1.165, 1.54) is 0 Å². The van der Waals surface area contributed by atoms with Crippen LogP contribution in [0.15, 0.2) is 18.2 Å². The van der Waals surface area contributed by atoms with Crippen LogP contribution in [-0.4, -0.2) is 23.9 Å². The van der Waals surface area contributed by atoms with Gasteiger partial charge in [-0.1, -0.05) is 6.07 Å². The minimum absolute atomic E-state index is 0. The highest BCUT2D eigenvalue weighted by molar-refractivity contribution is 5.99. The van der Waals surface area contributed by atoms with Crippen LogP contribution in [0.2, 0.25) is 0 Å². The van der Waals surface area contributed by atoms with E-state index in [-0.39, 0.29) is 42.2 Å². The fourth-order valence-electron chi connectivity index (χ4n) is 4.23. The topological polar surface area (TPSA) is 84.2 Å². The van der Waals surface area contributed by atoms with E-state index in [2.05, 4.69) is 10.6 Å². The summed E-state index contributed by atoms with van der Waals surface area (Å²) in [7, 11) is 0. The third-order valence-corrected chi connectivity index (χ3v) is 5.45. The van der Waals surface area contributed by atoms with E-state index in [1.807, 2.05) is 32.9 Å². The van der Waals surface area contributed by atoms with Crippen LogP contribution < -0.4 is 16.4 Å². The average molecular weight is 366 g/mol. The van der Waals surface area contributed by atoms with E-state index in [9.17, 15) is 9.59 Å². The number of halogens is 1. The quantitative estimate of drug-likeness (QED) is 0.767. The zero-order valence-corrected chi connectivity index (χ0v) is 15.9. The van der Waals surface area contributed by atoms with Crippen molar-refractivity contribution in [3.63, 3.8) is 0 Å². The lowest BCUT2D eigenvalue weighted by molar-refractivity contribution is -0.121.